The first-order valence-electron chi connectivity index (χ1n) is 11.7. The average molecular weight is 469 g/mol. The van der Waals surface area contributed by atoms with Gasteiger partial charge in [-0.05, 0) is 64.1 Å². The average Bonchev–Trinajstić information content (AvgIpc) is 2.69. The highest BCUT2D eigenvalue weighted by atomic mass is 28.4. The summed E-state index contributed by atoms with van der Waals surface area (Å²) in [5.74, 6) is 0. The monoisotopic (exact) mass is 468 g/mol. The minimum Gasteiger partial charge on any atom is -0.413 e. The molecule has 0 aliphatic rings. The highest BCUT2D eigenvalue weighted by Gasteiger charge is 2.37. The van der Waals surface area contributed by atoms with E-state index in [1.165, 1.54) is 11.1 Å². The molecule has 0 saturated carbocycles. The second-order valence-corrected chi connectivity index (χ2v) is 21.6. The molecule has 0 amide bonds. The van der Waals surface area contributed by atoms with Crippen molar-refractivity contribution < 1.29 is 8.85 Å². The van der Waals surface area contributed by atoms with Gasteiger partial charge < -0.3 is 8.85 Å². The van der Waals surface area contributed by atoms with Crippen LogP contribution in [0.2, 0.25) is 36.3 Å². The Morgan fingerprint density at radius 3 is 1.16 bits per heavy atom. The van der Waals surface area contributed by atoms with E-state index in [1.54, 1.807) is 0 Å². The van der Waals surface area contributed by atoms with Crippen LogP contribution in [0.3, 0.4) is 0 Å². The highest BCUT2D eigenvalue weighted by Crippen LogP contribution is 2.38. The summed E-state index contributed by atoms with van der Waals surface area (Å²) in [7, 11) is -3.47. The van der Waals surface area contributed by atoms with E-state index < -0.39 is 16.6 Å². The smallest absolute Gasteiger partial charge is 0.192 e. The Balaban J connectivity index is 2.00. The molecule has 0 aliphatic carbocycles. The van der Waals surface area contributed by atoms with Crippen LogP contribution in [-0.4, -0.2) is 16.6 Å². The van der Waals surface area contributed by atoms with E-state index >= 15 is 0 Å². The molecule has 32 heavy (non-hydrogen) atoms. The topological polar surface area (TPSA) is 18.5 Å². The molecule has 0 unspecified atom stereocenters. The van der Waals surface area contributed by atoms with Crippen LogP contribution in [0.15, 0.2) is 55.1 Å². The van der Waals surface area contributed by atoms with Crippen LogP contribution in [0.25, 0.3) is 5.57 Å². The first-order valence-corrected chi connectivity index (χ1v) is 17.5. The van der Waals surface area contributed by atoms with Crippen molar-refractivity contribution in [2.45, 2.75) is 91.0 Å². The molecule has 0 radical (unpaired) electrons. The number of hydrogen-bond donors (Lipinski definition) is 0. The predicted octanol–water partition coefficient (Wildman–Crippen LogP) is 8.79. The second kappa shape index (κ2) is 9.80. The van der Waals surface area contributed by atoms with Crippen LogP contribution in [-0.2, 0) is 22.1 Å². The Kier molecular flexibility index (Phi) is 8.20. The molecule has 0 saturated heterocycles. The molecular weight excluding hydrogens is 424 g/mol. The van der Waals surface area contributed by atoms with E-state index in [1.807, 2.05) is 0 Å². The van der Waals surface area contributed by atoms with Crippen molar-refractivity contribution in [2.24, 2.45) is 0 Å². The van der Waals surface area contributed by atoms with Gasteiger partial charge in [0, 0.05) is 0 Å². The zero-order chi connectivity index (χ0) is 24.4. The minimum atomic E-state index is -1.74. The third-order valence-electron chi connectivity index (χ3n) is 7.42. The summed E-state index contributed by atoms with van der Waals surface area (Å²) in [4.78, 5) is 0. The van der Waals surface area contributed by atoms with Gasteiger partial charge in [-0.15, -0.1) is 0 Å². The third-order valence-corrected chi connectivity index (χ3v) is 16.4. The van der Waals surface area contributed by atoms with Gasteiger partial charge in [0.05, 0.1) is 13.2 Å². The summed E-state index contributed by atoms with van der Waals surface area (Å²) in [5, 5.41) is 0.451. The maximum absolute atomic E-state index is 6.35. The standard InChI is InChI=1S/C28H44O2Si2/c1-22(25-16-12-23(13-17-25)20-29-31(8,9)27(2,3)4)26-18-14-24(15-19-26)21-30-32(10,11)28(5,6)7/h12-19H,1,20-21H2,2-11H3. The summed E-state index contributed by atoms with van der Waals surface area (Å²) in [6, 6.07) is 17.3. The molecule has 2 rings (SSSR count). The Morgan fingerprint density at radius 2 is 0.906 bits per heavy atom. The van der Waals surface area contributed by atoms with Crippen molar-refractivity contribution in [1.82, 2.24) is 0 Å². The fourth-order valence-electron chi connectivity index (χ4n) is 2.73. The molecular formula is C28H44O2Si2. The largest absolute Gasteiger partial charge is 0.413 e. The van der Waals surface area contributed by atoms with Crippen LogP contribution in [0.4, 0.5) is 0 Å². The SMILES string of the molecule is C=C(c1ccc(CO[Si](C)(C)C(C)(C)C)cc1)c1ccc(CO[Si](C)(C)C(C)(C)C)cc1. The van der Waals surface area contributed by atoms with E-state index in [0.29, 0.717) is 13.2 Å². The van der Waals surface area contributed by atoms with Crippen LogP contribution >= 0.6 is 0 Å². The van der Waals surface area contributed by atoms with Gasteiger partial charge >= 0.3 is 0 Å². The van der Waals surface area contributed by atoms with Crippen molar-refractivity contribution >= 4 is 22.2 Å². The van der Waals surface area contributed by atoms with Gasteiger partial charge in [0.2, 0.25) is 0 Å². The molecule has 0 heterocycles. The first kappa shape index (κ1) is 26.8. The van der Waals surface area contributed by atoms with Crippen molar-refractivity contribution in [1.29, 1.82) is 0 Å². The van der Waals surface area contributed by atoms with Crippen molar-refractivity contribution in [3.05, 3.63) is 77.4 Å². The fourth-order valence-corrected chi connectivity index (χ4v) is 4.65. The lowest BCUT2D eigenvalue weighted by molar-refractivity contribution is 0.276. The molecule has 0 atom stereocenters. The summed E-state index contributed by atoms with van der Waals surface area (Å²) < 4.78 is 12.7. The highest BCUT2D eigenvalue weighted by molar-refractivity contribution is 6.74. The summed E-state index contributed by atoms with van der Waals surface area (Å²) in [5.41, 5.74) is 5.76. The molecule has 0 N–H and O–H groups in total. The van der Waals surface area contributed by atoms with Gasteiger partial charge in [0.25, 0.3) is 0 Å². The van der Waals surface area contributed by atoms with Crippen molar-refractivity contribution in [3.63, 3.8) is 0 Å². The van der Waals surface area contributed by atoms with Crippen molar-refractivity contribution in [2.75, 3.05) is 0 Å². The lowest BCUT2D eigenvalue weighted by Gasteiger charge is -2.36. The molecule has 0 bridgehead atoms. The van der Waals surface area contributed by atoms with Gasteiger partial charge in [-0.2, -0.15) is 0 Å². The second-order valence-electron chi connectivity index (χ2n) is 12.0. The van der Waals surface area contributed by atoms with E-state index in [0.717, 1.165) is 16.7 Å². The Labute approximate surface area is 199 Å². The lowest BCUT2D eigenvalue weighted by atomic mass is 9.98. The van der Waals surface area contributed by atoms with E-state index in [4.69, 9.17) is 8.85 Å². The fraction of sp³-hybridized carbons (Fsp3) is 0.500. The van der Waals surface area contributed by atoms with Crippen LogP contribution in [0.5, 0.6) is 0 Å². The molecule has 0 aliphatic heterocycles. The maximum atomic E-state index is 6.35. The van der Waals surface area contributed by atoms with Gasteiger partial charge in [0.1, 0.15) is 0 Å². The van der Waals surface area contributed by atoms with Crippen LogP contribution < -0.4 is 0 Å². The molecule has 4 heteroatoms. The van der Waals surface area contributed by atoms with E-state index in [2.05, 4.69) is 123 Å². The molecule has 176 valence electrons. The Morgan fingerprint density at radius 1 is 0.625 bits per heavy atom. The zero-order valence-electron chi connectivity index (χ0n) is 22.1. The molecule has 2 nitrogen and oxygen atoms in total. The Bertz CT molecular complexity index is 821. The molecule has 2 aromatic rings. The van der Waals surface area contributed by atoms with Gasteiger partial charge in [-0.1, -0.05) is 96.7 Å². The van der Waals surface area contributed by atoms with E-state index in [9.17, 15) is 0 Å². The zero-order valence-corrected chi connectivity index (χ0v) is 24.1. The quantitative estimate of drug-likeness (QED) is 0.360. The van der Waals surface area contributed by atoms with Gasteiger partial charge in [0.15, 0.2) is 16.6 Å². The third kappa shape index (κ3) is 6.77. The summed E-state index contributed by atoms with van der Waals surface area (Å²) >= 11 is 0. The van der Waals surface area contributed by atoms with Crippen LogP contribution in [0.1, 0.15) is 63.8 Å². The molecule has 0 fully saturated rings. The number of hydrogen-bond acceptors (Lipinski definition) is 2. The first-order chi connectivity index (χ1) is 14.5. The number of rotatable bonds is 8. The molecule has 0 spiro atoms. The van der Waals surface area contributed by atoms with E-state index in [-0.39, 0.29) is 10.1 Å². The summed E-state index contributed by atoms with van der Waals surface area (Å²) in [6.45, 7) is 28.5. The van der Waals surface area contributed by atoms with Crippen LogP contribution in [0, 0.1) is 0 Å². The van der Waals surface area contributed by atoms with Crippen molar-refractivity contribution in [3.8, 4) is 0 Å². The normalized spacial score (nSPS) is 13.3. The molecule has 0 aromatic heterocycles. The summed E-state index contributed by atoms with van der Waals surface area (Å²) in [6.07, 6.45) is 0. The Hall–Kier alpha value is -1.47. The molecule has 2 aromatic carbocycles. The number of benzene rings is 2. The van der Waals surface area contributed by atoms with Gasteiger partial charge in [-0.25, -0.2) is 0 Å². The maximum Gasteiger partial charge on any atom is 0.192 e. The van der Waals surface area contributed by atoms with Gasteiger partial charge in [-0.3, -0.25) is 0 Å². The minimum absolute atomic E-state index is 0.225. The predicted molar refractivity (Wildman–Crippen MR) is 145 cm³/mol. The lowest BCUT2D eigenvalue weighted by Crippen LogP contribution is -2.40.